The average Bonchev–Trinajstić information content (AvgIpc) is 1.90. The maximum absolute atomic E-state index is 2.41. The van der Waals surface area contributed by atoms with Gasteiger partial charge in [-0.3, -0.25) is 0 Å². The predicted octanol–water partition coefficient (Wildman–Crippen LogP) is 2.92. The molecule has 0 heterocycles. The predicted molar refractivity (Wildman–Crippen MR) is 36.0 cm³/mol. The minimum absolute atomic E-state index is 1.06. The summed E-state index contributed by atoms with van der Waals surface area (Å²) in [6.07, 6.45) is 7.58. The van der Waals surface area contributed by atoms with Crippen LogP contribution < -0.4 is 0 Å². The first-order valence-corrected chi connectivity index (χ1v) is 5.85. The van der Waals surface area contributed by atoms with Gasteiger partial charge in [0.2, 0.25) is 0 Å². The molecule has 1 rings (SSSR count). The Hall–Kier alpha value is 0.623. The van der Waals surface area contributed by atoms with Crippen molar-refractivity contribution in [2.45, 2.75) is 43.5 Å². The van der Waals surface area contributed by atoms with Crippen LogP contribution in [0.2, 0.25) is 4.51 Å². The van der Waals surface area contributed by atoms with Crippen molar-refractivity contribution < 1.29 is 18.3 Å². The van der Waals surface area contributed by atoms with Crippen LogP contribution in [0, 0.1) is 5.92 Å². The van der Waals surface area contributed by atoms with Crippen LogP contribution in [0.3, 0.4) is 0 Å². The van der Waals surface area contributed by atoms with Crippen molar-refractivity contribution in [3.05, 3.63) is 0 Å². The topological polar surface area (TPSA) is 0 Å². The van der Waals surface area contributed by atoms with Crippen molar-refractivity contribution >= 4 is 0 Å². The van der Waals surface area contributed by atoms with E-state index in [4.69, 9.17) is 0 Å². The summed E-state index contributed by atoms with van der Waals surface area (Å²) >= 11 is 1.50. The second kappa shape index (κ2) is 3.71. The quantitative estimate of drug-likeness (QED) is 0.539. The first-order valence-electron chi connectivity index (χ1n) is 4.14. The fourth-order valence-electron chi connectivity index (χ4n) is 1.70. The van der Waals surface area contributed by atoms with Crippen LogP contribution in [0.4, 0.5) is 0 Å². The van der Waals surface area contributed by atoms with Crippen LogP contribution in [-0.4, -0.2) is 0 Å². The van der Waals surface area contributed by atoms with Gasteiger partial charge in [-0.1, -0.05) is 0 Å². The van der Waals surface area contributed by atoms with Gasteiger partial charge in [-0.05, 0) is 0 Å². The molecular formula is C8H15Zn. The summed E-state index contributed by atoms with van der Waals surface area (Å²) in [7, 11) is 0. The Morgan fingerprint density at radius 2 is 1.78 bits per heavy atom. The molecule has 0 aromatic heterocycles. The second-order valence-electron chi connectivity index (χ2n) is 3.38. The van der Waals surface area contributed by atoms with Crippen molar-refractivity contribution in [1.29, 1.82) is 0 Å². The van der Waals surface area contributed by atoms with Crippen LogP contribution in [0.1, 0.15) is 39.0 Å². The Morgan fingerprint density at radius 1 is 1.22 bits per heavy atom. The fraction of sp³-hybridized carbons (Fsp3) is 1.00. The molecule has 0 amide bonds. The van der Waals surface area contributed by atoms with E-state index in [2.05, 4.69) is 6.92 Å². The molecule has 49 valence electrons. The Bertz CT molecular complexity index is 72.6. The van der Waals surface area contributed by atoms with Crippen LogP contribution in [0.25, 0.3) is 0 Å². The van der Waals surface area contributed by atoms with E-state index >= 15 is 0 Å². The zero-order chi connectivity index (χ0) is 6.69. The summed E-state index contributed by atoms with van der Waals surface area (Å²) < 4.78 is 1.06. The Kier molecular flexibility index (Phi) is 3.18. The Labute approximate surface area is 68.1 Å². The SMILES string of the molecule is C[CH]([Zn])C1CCCCC1. The summed E-state index contributed by atoms with van der Waals surface area (Å²) in [4.78, 5) is 0. The van der Waals surface area contributed by atoms with Crippen molar-refractivity contribution in [2.24, 2.45) is 5.92 Å². The molecule has 1 fully saturated rings. The molecular weight excluding hydrogens is 161 g/mol. The van der Waals surface area contributed by atoms with Gasteiger partial charge in [0, 0.05) is 0 Å². The van der Waals surface area contributed by atoms with E-state index in [1.54, 1.807) is 0 Å². The second-order valence-corrected chi connectivity index (χ2v) is 6.08. The molecule has 0 bridgehead atoms. The monoisotopic (exact) mass is 175 g/mol. The fourth-order valence-corrected chi connectivity index (χ4v) is 2.69. The van der Waals surface area contributed by atoms with E-state index < -0.39 is 0 Å². The molecule has 1 heteroatoms. The summed E-state index contributed by atoms with van der Waals surface area (Å²) in [6.45, 7) is 2.41. The molecule has 0 aromatic carbocycles. The zero-order valence-corrected chi connectivity index (χ0v) is 9.36. The van der Waals surface area contributed by atoms with Gasteiger partial charge in [0.05, 0.1) is 0 Å². The van der Waals surface area contributed by atoms with Crippen LogP contribution in [0.5, 0.6) is 0 Å². The minimum atomic E-state index is 1.06. The molecule has 1 atom stereocenters. The zero-order valence-electron chi connectivity index (χ0n) is 6.40. The van der Waals surface area contributed by atoms with Gasteiger partial charge < -0.3 is 0 Å². The third-order valence-corrected chi connectivity index (χ3v) is 3.85. The van der Waals surface area contributed by atoms with Crippen LogP contribution in [0.15, 0.2) is 0 Å². The summed E-state index contributed by atoms with van der Waals surface area (Å²) in [5.41, 5.74) is 0. The standard InChI is InChI=1S/C8H15.Zn/c1-2-8-6-4-3-5-7-8;/h2,8H,3-7H2,1H3;. The molecule has 0 spiro atoms. The molecule has 9 heavy (non-hydrogen) atoms. The van der Waals surface area contributed by atoms with Crippen molar-refractivity contribution in [1.82, 2.24) is 0 Å². The van der Waals surface area contributed by atoms with Crippen LogP contribution >= 0.6 is 0 Å². The first kappa shape index (κ1) is 7.73. The van der Waals surface area contributed by atoms with E-state index in [0.29, 0.717) is 0 Å². The molecule has 0 nitrogen and oxygen atoms in total. The number of hydrogen-bond donors (Lipinski definition) is 0. The molecule has 0 N–H and O–H groups in total. The summed E-state index contributed by atoms with van der Waals surface area (Å²) in [5.74, 6) is 1.11. The van der Waals surface area contributed by atoms with E-state index in [-0.39, 0.29) is 0 Å². The molecule has 1 aliphatic rings. The molecule has 1 aliphatic carbocycles. The van der Waals surface area contributed by atoms with Gasteiger partial charge in [0.1, 0.15) is 0 Å². The first-order chi connectivity index (χ1) is 4.30. The van der Waals surface area contributed by atoms with Gasteiger partial charge in [0.25, 0.3) is 0 Å². The van der Waals surface area contributed by atoms with Gasteiger partial charge in [-0.25, -0.2) is 0 Å². The van der Waals surface area contributed by atoms with Gasteiger partial charge in [-0.15, -0.1) is 0 Å². The molecule has 0 saturated heterocycles. The third kappa shape index (κ3) is 2.37. The molecule has 0 aromatic rings. The molecule has 1 unspecified atom stereocenters. The van der Waals surface area contributed by atoms with Crippen molar-refractivity contribution in [2.75, 3.05) is 0 Å². The van der Waals surface area contributed by atoms with Crippen LogP contribution in [-0.2, 0) is 18.3 Å². The summed E-state index contributed by atoms with van der Waals surface area (Å²) in [6, 6.07) is 0. The van der Waals surface area contributed by atoms with Gasteiger partial charge in [0.15, 0.2) is 0 Å². The van der Waals surface area contributed by atoms with Crippen molar-refractivity contribution in [3.63, 3.8) is 0 Å². The van der Waals surface area contributed by atoms with E-state index in [0.717, 1.165) is 10.4 Å². The van der Waals surface area contributed by atoms with Gasteiger partial charge in [-0.2, -0.15) is 0 Å². The third-order valence-electron chi connectivity index (χ3n) is 2.45. The van der Waals surface area contributed by atoms with E-state index in [9.17, 15) is 0 Å². The average molecular weight is 177 g/mol. The Balaban J connectivity index is 2.23. The number of rotatable bonds is 1. The molecule has 0 aliphatic heterocycles. The Morgan fingerprint density at radius 3 is 2.11 bits per heavy atom. The molecule has 0 radical (unpaired) electrons. The van der Waals surface area contributed by atoms with E-state index in [1.165, 1.54) is 50.4 Å². The summed E-state index contributed by atoms with van der Waals surface area (Å²) in [5, 5.41) is 0. The van der Waals surface area contributed by atoms with Crippen molar-refractivity contribution in [3.8, 4) is 0 Å². The molecule has 1 saturated carbocycles. The maximum atomic E-state index is 2.41. The van der Waals surface area contributed by atoms with Gasteiger partial charge >= 0.3 is 67.8 Å². The number of hydrogen-bond acceptors (Lipinski definition) is 0. The normalized spacial score (nSPS) is 26.1. The van der Waals surface area contributed by atoms with E-state index in [1.807, 2.05) is 0 Å².